The number of halogens is 1. The van der Waals surface area contributed by atoms with Crippen LogP contribution < -0.4 is 4.74 Å². The van der Waals surface area contributed by atoms with Crippen molar-refractivity contribution < 1.29 is 9.13 Å². The Bertz CT molecular complexity index is 887. The van der Waals surface area contributed by atoms with E-state index in [0.717, 1.165) is 11.1 Å². The van der Waals surface area contributed by atoms with Crippen LogP contribution in [0.1, 0.15) is 11.1 Å². The number of hydrogen-bond donors (Lipinski definition) is 0. The van der Waals surface area contributed by atoms with E-state index in [1.807, 2.05) is 26.0 Å². The molecule has 112 valence electrons. The Labute approximate surface area is 126 Å². The fourth-order valence-corrected chi connectivity index (χ4v) is 2.42. The number of benzene rings is 1. The summed E-state index contributed by atoms with van der Waals surface area (Å²) in [7, 11) is 1.55. The number of aromatic nitrogens is 2. The lowest BCUT2D eigenvalue weighted by molar-refractivity contribution is 0.416. The molecule has 0 spiro atoms. The summed E-state index contributed by atoms with van der Waals surface area (Å²) in [5, 5.41) is 3.03. The first-order valence-corrected chi connectivity index (χ1v) is 6.71. The van der Waals surface area contributed by atoms with Gasteiger partial charge in [0, 0.05) is 11.8 Å². The summed E-state index contributed by atoms with van der Waals surface area (Å²) >= 11 is 0. The highest BCUT2D eigenvalue weighted by Gasteiger charge is 2.19. The highest BCUT2D eigenvalue weighted by molar-refractivity contribution is 5.79. The van der Waals surface area contributed by atoms with Crippen LogP contribution in [-0.4, -0.2) is 16.5 Å². The maximum absolute atomic E-state index is 13.4. The second-order valence-electron chi connectivity index (χ2n) is 5.09. The Balaban J connectivity index is 2.35. The summed E-state index contributed by atoms with van der Waals surface area (Å²) in [5.74, 6) is 0.182. The van der Waals surface area contributed by atoms with Crippen LogP contribution in [-0.2, 0) is 0 Å². The molecule has 6 heteroatoms. The van der Waals surface area contributed by atoms with Crippen LogP contribution in [0.25, 0.3) is 16.9 Å². The van der Waals surface area contributed by atoms with Crippen LogP contribution in [0.3, 0.4) is 0 Å². The van der Waals surface area contributed by atoms with Crippen LogP contribution in [0.2, 0.25) is 0 Å². The van der Waals surface area contributed by atoms with Crippen molar-refractivity contribution in [3.63, 3.8) is 0 Å². The van der Waals surface area contributed by atoms with Crippen molar-refractivity contribution in [3.8, 4) is 17.0 Å². The minimum absolute atomic E-state index is 0.0519. The second-order valence-corrected chi connectivity index (χ2v) is 5.09. The van der Waals surface area contributed by atoms with Crippen molar-refractivity contribution in [1.29, 1.82) is 0 Å². The molecule has 3 aromatic rings. The Hall–Kier alpha value is -2.76. The highest BCUT2D eigenvalue weighted by Crippen LogP contribution is 2.38. The highest BCUT2D eigenvalue weighted by atomic mass is 19.1. The first kappa shape index (κ1) is 14.2. The Kier molecular flexibility index (Phi) is 3.36. The normalized spacial score (nSPS) is 10.9. The van der Waals surface area contributed by atoms with E-state index >= 15 is 0 Å². The number of nitroso groups, excluding NO2 is 1. The summed E-state index contributed by atoms with van der Waals surface area (Å²) in [6.07, 6.45) is 1.19. The molecule has 1 aromatic carbocycles. The lowest BCUT2D eigenvalue weighted by Crippen LogP contribution is -1.92. The van der Waals surface area contributed by atoms with Gasteiger partial charge in [-0.3, -0.25) is 4.40 Å². The van der Waals surface area contributed by atoms with E-state index in [4.69, 9.17) is 4.74 Å². The third-order valence-electron chi connectivity index (χ3n) is 3.71. The summed E-state index contributed by atoms with van der Waals surface area (Å²) in [4.78, 5) is 15.7. The standard InChI is InChI=1S/C16H14FN3O2/c1-9-6-12(13(22-3)7-10(9)2)15-16(19-21)20-8-11(17)4-5-14(20)18-15/h4-8H,1-3H3. The van der Waals surface area contributed by atoms with E-state index in [-0.39, 0.29) is 5.82 Å². The summed E-state index contributed by atoms with van der Waals surface area (Å²) in [5.41, 5.74) is 3.59. The molecule has 0 amide bonds. The Morgan fingerprint density at radius 3 is 2.64 bits per heavy atom. The number of imidazole rings is 1. The molecular weight excluding hydrogens is 285 g/mol. The van der Waals surface area contributed by atoms with Gasteiger partial charge in [0.05, 0.1) is 7.11 Å². The first-order valence-electron chi connectivity index (χ1n) is 6.71. The molecule has 5 nitrogen and oxygen atoms in total. The van der Waals surface area contributed by atoms with Gasteiger partial charge >= 0.3 is 0 Å². The molecule has 0 N–H and O–H groups in total. The number of pyridine rings is 1. The number of ether oxygens (including phenoxy) is 1. The van der Waals surface area contributed by atoms with Gasteiger partial charge in [0.15, 0.2) is 0 Å². The van der Waals surface area contributed by atoms with Crippen LogP contribution in [0.4, 0.5) is 10.2 Å². The summed E-state index contributed by atoms with van der Waals surface area (Å²) in [6, 6.07) is 6.56. The van der Waals surface area contributed by atoms with Crippen molar-refractivity contribution >= 4 is 11.5 Å². The molecule has 0 aliphatic rings. The fraction of sp³-hybridized carbons (Fsp3) is 0.188. The average molecular weight is 299 g/mol. The molecule has 0 unspecified atom stereocenters. The molecule has 3 rings (SSSR count). The predicted molar refractivity (Wildman–Crippen MR) is 82.1 cm³/mol. The van der Waals surface area contributed by atoms with Gasteiger partial charge in [-0.1, -0.05) is 0 Å². The number of aryl methyl sites for hydroxylation is 2. The minimum atomic E-state index is -0.464. The van der Waals surface area contributed by atoms with Crippen molar-refractivity contribution in [3.05, 3.63) is 52.3 Å². The molecule has 0 saturated heterocycles. The van der Waals surface area contributed by atoms with Crippen LogP contribution in [0, 0.1) is 24.6 Å². The fourth-order valence-electron chi connectivity index (χ4n) is 2.42. The molecule has 0 aliphatic carbocycles. The van der Waals surface area contributed by atoms with E-state index in [9.17, 15) is 9.30 Å². The van der Waals surface area contributed by atoms with Crippen LogP contribution in [0.5, 0.6) is 5.75 Å². The van der Waals surface area contributed by atoms with Gasteiger partial charge in [0.2, 0.25) is 5.82 Å². The first-order chi connectivity index (χ1) is 10.5. The third kappa shape index (κ3) is 2.13. The molecule has 0 saturated carbocycles. The van der Waals surface area contributed by atoms with Gasteiger partial charge in [-0.25, -0.2) is 9.37 Å². The van der Waals surface area contributed by atoms with Crippen molar-refractivity contribution in [2.75, 3.05) is 7.11 Å². The minimum Gasteiger partial charge on any atom is -0.496 e. The maximum Gasteiger partial charge on any atom is 0.209 e. The molecule has 22 heavy (non-hydrogen) atoms. The zero-order valence-corrected chi connectivity index (χ0v) is 12.4. The number of hydrogen-bond acceptors (Lipinski definition) is 4. The maximum atomic E-state index is 13.4. The predicted octanol–water partition coefficient (Wildman–Crippen LogP) is 4.16. The molecule has 0 aliphatic heterocycles. The molecule has 0 radical (unpaired) electrons. The average Bonchev–Trinajstić information content (AvgIpc) is 2.86. The van der Waals surface area contributed by atoms with Gasteiger partial charge in [0.25, 0.3) is 0 Å². The van der Waals surface area contributed by atoms with Crippen molar-refractivity contribution in [2.24, 2.45) is 5.18 Å². The topological polar surface area (TPSA) is 56.0 Å². The van der Waals surface area contributed by atoms with Gasteiger partial charge < -0.3 is 4.74 Å². The second kappa shape index (κ2) is 5.22. The van der Waals surface area contributed by atoms with Gasteiger partial charge in [-0.15, -0.1) is 4.91 Å². The third-order valence-corrected chi connectivity index (χ3v) is 3.71. The monoisotopic (exact) mass is 299 g/mol. The Morgan fingerprint density at radius 1 is 1.23 bits per heavy atom. The molecule has 0 fully saturated rings. The lowest BCUT2D eigenvalue weighted by atomic mass is 10.0. The van der Waals surface area contributed by atoms with Gasteiger partial charge in [-0.05, 0) is 54.4 Å². The lowest BCUT2D eigenvalue weighted by Gasteiger charge is -2.10. The smallest absolute Gasteiger partial charge is 0.209 e. The number of rotatable bonds is 3. The summed E-state index contributed by atoms with van der Waals surface area (Å²) < 4.78 is 20.1. The number of fused-ring (bicyclic) bond motifs is 1. The zero-order chi connectivity index (χ0) is 15.9. The van der Waals surface area contributed by atoms with Crippen LogP contribution >= 0.6 is 0 Å². The SMILES string of the molecule is COc1cc(C)c(C)cc1-c1nc2ccc(F)cn2c1N=O. The molecule has 0 bridgehead atoms. The van der Waals surface area contributed by atoms with E-state index in [0.29, 0.717) is 22.7 Å². The quantitative estimate of drug-likeness (QED) is 0.682. The largest absolute Gasteiger partial charge is 0.496 e. The zero-order valence-electron chi connectivity index (χ0n) is 12.4. The van der Waals surface area contributed by atoms with Crippen molar-refractivity contribution in [1.82, 2.24) is 9.38 Å². The van der Waals surface area contributed by atoms with Crippen molar-refractivity contribution in [2.45, 2.75) is 13.8 Å². The Morgan fingerprint density at radius 2 is 1.95 bits per heavy atom. The van der Waals surface area contributed by atoms with E-state index < -0.39 is 5.82 Å². The number of methoxy groups -OCH3 is 1. The van der Waals surface area contributed by atoms with Gasteiger partial charge in [0.1, 0.15) is 22.9 Å². The number of nitrogens with zero attached hydrogens (tertiary/aromatic N) is 3. The van der Waals surface area contributed by atoms with E-state index in [1.54, 1.807) is 7.11 Å². The molecule has 2 heterocycles. The van der Waals surface area contributed by atoms with E-state index in [1.165, 1.54) is 22.7 Å². The van der Waals surface area contributed by atoms with Crippen LogP contribution in [0.15, 0.2) is 35.6 Å². The van der Waals surface area contributed by atoms with Gasteiger partial charge in [-0.2, -0.15) is 0 Å². The molecular formula is C16H14FN3O2. The molecule has 2 aromatic heterocycles. The van der Waals surface area contributed by atoms with E-state index in [2.05, 4.69) is 10.2 Å². The summed E-state index contributed by atoms with van der Waals surface area (Å²) in [6.45, 7) is 3.93. The molecule has 0 atom stereocenters.